The predicted octanol–water partition coefficient (Wildman–Crippen LogP) is -0.338. The third-order valence-electron chi connectivity index (χ3n) is 0.447. The number of nitriles is 1. The van der Waals surface area contributed by atoms with Gasteiger partial charge in [0.1, 0.15) is 0 Å². The van der Waals surface area contributed by atoms with E-state index in [0.717, 1.165) is 0 Å². The van der Waals surface area contributed by atoms with Crippen LogP contribution in [0.1, 0.15) is 6.42 Å². The lowest BCUT2D eigenvalue weighted by Crippen LogP contribution is -1.81. The largest absolute Gasteiger partial charge is 0.454 e. The quantitative estimate of drug-likeness (QED) is 0.366. The van der Waals surface area contributed by atoms with Crippen molar-refractivity contribution in [1.29, 1.82) is 5.26 Å². The van der Waals surface area contributed by atoms with E-state index in [1.807, 2.05) is 6.07 Å². The van der Waals surface area contributed by atoms with Crippen LogP contribution in [-0.4, -0.2) is 12.5 Å². The first-order valence-corrected chi connectivity index (χ1v) is 1.89. The summed E-state index contributed by atoms with van der Waals surface area (Å²) >= 11 is 0. The molecule has 0 aliphatic heterocycles. The van der Waals surface area contributed by atoms with Crippen LogP contribution >= 0.6 is 0 Å². The second-order valence-corrected chi connectivity index (χ2v) is 0.985. The van der Waals surface area contributed by atoms with Crippen LogP contribution in [0.5, 0.6) is 0 Å². The summed E-state index contributed by atoms with van der Waals surface area (Å²) < 4.78 is 0. The van der Waals surface area contributed by atoms with Gasteiger partial charge >= 0.3 is 0 Å². The standard InChI is InChI=1S/C3H6BNO/c5-3-1-2-4-6/h4,6H,1-2H2. The summed E-state index contributed by atoms with van der Waals surface area (Å²) in [7, 11) is 0.133. The van der Waals surface area contributed by atoms with Crippen molar-refractivity contribution in [2.45, 2.75) is 12.7 Å². The highest BCUT2D eigenvalue weighted by atomic mass is 16.2. The Morgan fingerprint density at radius 2 is 2.50 bits per heavy atom. The normalized spacial score (nSPS) is 6.67. The van der Waals surface area contributed by atoms with Crippen LogP contribution in [0.4, 0.5) is 0 Å². The van der Waals surface area contributed by atoms with Crippen molar-refractivity contribution in [3.63, 3.8) is 0 Å². The van der Waals surface area contributed by atoms with E-state index >= 15 is 0 Å². The first-order valence-electron chi connectivity index (χ1n) is 1.89. The van der Waals surface area contributed by atoms with Crippen molar-refractivity contribution in [2.24, 2.45) is 0 Å². The van der Waals surface area contributed by atoms with Gasteiger partial charge in [-0.1, -0.05) is 0 Å². The van der Waals surface area contributed by atoms with Crippen molar-refractivity contribution in [2.75, 3.05) is 0 Å². The molecule has 0 aromatic rings. The minimum absolute atomic E-state index is 0.133. The highest BCUT2D eigenvalue weighted by molar-refractivity contribution is 6.25. The second kappa shape index (κ2) is 4.51. The maximum atomic E-state index is 8.05. The molecule has 0 heterocycles. The molecule has 0 unspecified atom stereocenters. The summed E-state index contributed by atoms with van der Waals surface area (Å²) in [4.78, 5) is 0. The first kappa shape index (κ1) is 5.51. The Morgan fingerprint density at radius 1 is 1.83 bits per heavy atom. The van der Waals surface area contributed by atoms with Gasteiger partial charge in [-0.05, 0) is 6.32 Å². The van der Waals surface area contributed by atoms with E-state index in [1.54, 1.807) is 0 Å². The highest BCUT2D eigenvalue weighted by Crippen LogP contribution is 1.79. The van der Waals surface area contributed by atoms with E-state index in [9.17, 15) is 0 Å². The van der Waals surface area contributed by atoms with E-state index in [4.69, 9.17) is 10.3 Å². The molecule has 0 atom stereocenters. The van der Waals surface area contributed by atoms with Crippen LogP contribution in [-0.2, 0) is 0 Å². The molecule has 0 aromatic carbocycles. The van der Waals surface area contributed by atoms with E-state index < -0.39 is 0 Å². The monoisotopic (exact) mass is 83.1 g/mol. The van der Waals surface area contributed by atoms with Gasteiger partial charge in [-0.3, -0.25) is 0 Å². The van der Waals surface area contributed by atoms with Crippen LogP contribution < -0.4 is 0 Å². The van der Waals surface area contributed by atoms with E-state index in [-0.39, 0.29) is 7.48 Å². The van der Waals surface area contributed by atoms with Crippen LogP contribution in [0.25, 0.3) is 0 Å². The van der Waals surface area contributed by atoms with Crippen LogP contribution in [0.3, 0.4) is 0 Å². The maximum Gasteiger partial charge on any atom is 0.271 e. The zero-order valence-corrected chi connectivity index (χ0v) is 3.52. The minimum Gasteiger partial charge on any atom is -0.454 e. The molecule has 0 spiro atoms. The van der Waals surface area contributed by atoms with Gasteiger partial charge in [0.15, 0.2) is 0 Å². The van der Waals surface area contributed by atoms with Gasteiger partial charge in [0.05, 0.1) is 6.07 Å². The van der Waals surface area contributed by atoms with Crippen molar-refractivity contribution < 1.29 is 5.02 Å². The fourth-order valence-electron chi connectivity index (χ4n) is 0.158. The molecule has 6 heavy (non-hydrogen) atoms. The van der Waals surface area contributed by atoms with Gasteiger partial charge < -0.3 is 5.02 Å². The Morgan fingerprint density at radius 3 is 2.67 bits per heavy atom. The summed E-state index contributed by atoms with van der Waals surface area (Å²) in [6.45, 7) is 0. The topological polar surface area (TPSA) is 44.0 Å². The molecule has 2 nitrogen and oxygen atoms in total. The molecule has 0 saturated heterocycles. The predicted molar refractivity (Wildman–Crippen MR) is 24.4 cm³/mol. The average Bonchev–Trinajstić information content (AvgIpc) is 1.61. The molecular formula is C3H6BNO. The Kier molecular flexibility index (Phi) is 4.15. The van der Waals surface area contributed by atoms with Crippen molar-refractivity contribution >= 4 is 7.48 Å². The molecule has 0 aromatic heterocycles. The van der Waals surface area contributed by atoms with Gasteiger partial charge in [-0.15, -0.1) is 0 Å². The maximum absolute atomic E-state index is 8.05. The third kappa shape index (κ3) is 3.51. The lowest BCUT2D eigenvalue weighted by atomic mass is 9.95. The molecule has 32 valence electrons. The zero-order chi connectivity index (χ0) is 4.83. The van der Waals surface area contributed by atoms with Gasteiger partial charge in [-0.25, -0.2) is 0 Å². The summed E-state index contributed by atoms with van der Waals surface area (Å²) in [5.74, 6) is 0. The fraction of sp³-hybridized carbons (Fsp3) is 0.667. The van der Waals surface area contributed by atoms with Gasteiger partial charge in [0, 0.05) is 6.42 Å². The Bertz CT molecular complexity index is 58.3. The molecule has 0 aliphatic carbocycles. The van der Waals surface area contributed by atoms with E-state index in [1.165, 1.54) is 0 Å². The number of rotatable bonds is 2. The zero-order valence-electron chi connectivity index (χ0n) is 3.52. The smallest absolute Gasteiger partial charge is 0.271 e. The molecule has 3 heteroatoms. The van der Waals surface area contributed by atoms with E-state index in [0.29, 0.717) is 12.7 Å². The summed E-state index contributed by atoms with van der Waals surface area (Å²) in [6.07, 6.45) is 1.08. The number of nitrogens with zero attached hydrogens (tertiary/aromatic N) is 1. The van der Waals surface area contributed by atoms with Gasteiger partial charge in [-0.2, -0.15) is 5.26 Å². The molecule has 0 fully saturated rings. The van der Waals surface area contributed by atoms with Gasteiger partial charge in [0.2, 0.25) is 0 Å². The minimum atomic E-state index is 0.133. The summed E-state index contributed by atoms with van der Waals surface area (Å²) in [6, 6.07) is 1.91. The molecule has 0 amide bonds. The number of hydrogen-bond acceptors (Lipinski definition) is 2. The Balaban J connectivity index is 2.54. The highest BCUT2D eigenvalue weighted by Gasteiger charge is 1.79. The SMILES string of the molecule is N#CCCBO. The molecule has 1 N–H and O–H groups in total. The molecular weight excluding hydrogens is 76.9 g/mol. The van der Waals surface area contributed by atoms with E-state index in [2.05, 4.69) is 0 Å². The lowest BCUT2D eigenvalue weighted by Gasteiger charge is -1.73. The molecule has 0 rings (SSSR count). The molecule has 0 radical (unpaired) electrons. The summed E-state index contributed by atoms with van der Waals surface area (Å²) in [5, 5.41) is 15.9. The number of hydrogen-bond donors (Lipinski definition) is 1. The van der Waals surface area contributed by atoms with Gasteiger partial charge in [0.25, 0.3) is 7.48 Å². The van der Waals surface area contributed by atoms with Crippen molar-refractivity contribution in [1.82, 2.24) is 0 Å². The van der Waals surface area contributed by atoms with Crippen molar-refractivity contribution in [3.05, 3.63) is 0 Å². The van der Waals surface area contributed by atoms with Crippen LogP contribution in [0.2, 0.25) is 6.32 Å². The molecule has 0 aliphatic rings. The lowest BCUT2D eigenvalue weighted by molar-refractivity contribution is 0.600. The first-order chi connectivity index (χ1) is 2.91. The van der Waals surface area contributed by atoms with Crippen LogP contribution in [0.15, 0.2) is 0 Å². The summed E-state index contributed by atoms with van der Waals surface area (Å²) in [5.41, 5.74) is 0. The molecule has 0 bridgehead atoms. The second-order valence-electron chi connectivity index (χ2n) is 0.985. The molecule has 0 saturated carbocycles. The fourth-order valence-corrected chi connectivity index (χ4v) is 0.158. The average molecular weight is 82.9 g/mol. The Hall–Kier alpha value is -0.485. The third-order valence-corrected chi connectivity index (χ3v) is 0.447. The van der Waals surface area contributed by atoms with Crippen molar-refractivity contribution in [3.8, 4) is 6.07 Å². The Labute approximate surface area is 37.7 Å². The van der Waals surface area contributed by atoms with Crippen LogP contribution in [0, 0.1) is 11.3 Å².